The van der Waals surface area contributed by atoms with Crippen molar-refractivity contribution in [1.82, 2.24) is 19.9 Å². The predicted octanol–water partition coefficient (Wildman–Crippen LogP) is 2.79. The van der Waals surface area contributed by atoms with E-state index in [0.717, 1.165) is 23.7 Å². The number of para-hydroxylation sites is 1. The van der Waals surface area contributed by atoms with Crippen LogP contribution in [0.5, 0.6) is 5.75 Å². The van der Waals surface area contributed by atoms with Gasteiger partial charge < -0.3 is 29.5 Å². The number of benzene rings is 1. The number of esters is 1. The molecule has 1 amide bonds. The van der Waals surface area contributed by atoms with Crippen molar-refractivity contribution < 1.29 is 42.9 Å². The molecule has 0 radical (unpaired) electrons. The molecule has 1 saturated heterocycles. The SMILES string of the molecule is CCCC(CCC)C(=O)Nc1cnn([C@@H]2O[C@H](COP(=O)(N[C@@H](C)C(=O)OCC(C)C)Oc3ccccc3)C(O)C2O)c(=O)n1. The number of rotatable bonds is 17. The van der Waals surface area contributed by atoms with Crippen LogP contribution < -0.4 is 20.6 Å². The van der Waals surface area contributed by atoms with Gasteiger partial charge in [0, 0.05) is 5.92 Å². The van der Waals surface area contributed by atoms with E-state index >= 15 is 0 Å². The molecule has 2 aromatic rings. The number of nitrogens with one attached hydrogen (secondary N) is 2. The Balaban J connectivity index is 1.71. The molecule has 250 valence electrons. The number of amides is 1. The predicted molar refractivity (Wildman–Crippen MR) is 163 cm³/mol. The van der Waals surface area contributed by atoms with Gasteiger partial charge in [-0.1, -0.05) is 58.7 Å². The Morgan fingerprint density at radius 1 is 1.09 bits per heavy atom. The molecule has 2 heterocycles. The Kier molecular flexibility index (Phi) is 13.6. The third-order valence-electron chi connectivity index (χ3n) is 6.83. The molecule has 1 fully saturated rings. The molecule has 1 aromatic carbocycles. The summed E-state index contributed by atoms with van der Waals surface area (Å²) < 4.78 is 36.6. The summed E-state index contributed by atoms with van der Waals surface area (Å²) in [6.07, 6.45) is -1.83. The molecule has 0 bridgehead atoms. The van der Waals surface area contributed by atoms with Crippen LogP contribution in [0.25, 0.3) is 0 Å². The van der Waals surface area contributed by atoms with E-state index in [9.17, 15) is 29.2 Å². The van der Waals surface area contributed by atoms with Crippen LogP contribution >= 0.6 is 7.75 Å². The highest BCUT2D eigenvalue weighted by Gasteiger charge is 2.46. The Bertz CT molecular complexity index is 1350. The smallest absolute Gasteiger partial charge is 0.459 e. The number of hydrogen-bond donors (Lipinski definition) is 4. The van der Waals surface area contributed by atoms with Crippen LogP contribution in [-0.2, 0) is 28.2 Å². The Morgan fingerprint density at radius 2 is 1.76 bits per heavy atom. The van der Waals surface area contributed by atoms with E-state index in [1.807, 2.05) is 27.7 Å². The van der Waals surface area contributed by atoms with Gasteiger partial charge in [-0.15, -0.1) is 0 Å². The van der Waals surface area contributed by atoms with E-state index in [0.29, 0.717) is 12.8 Å². The van der Waals surface area contributed by atoms with Crippen molar-refractivity contribution in [2.45, 2.75) is 90.9 Å². The number of aromatic nitrogens is 3. The van der Waals surface area contributed by atoms with Crippen molar-refractivity contribution in [1.29, 1.82) is 0 Å². The first-order chi connectivity index (χ1) is 21.4. The Morgan fingerprint density at radius 3 is 2.36 bits per heavy atom. The van der Waals surface area contributed by atoms with Crippen LogP contribution in [0, 0.1) is 11.8 Å². The van der Waals surface area contributed by atoms with E-state index in [-0.39, 0.29) is 35.9 Å². The lowest BCUT2D eigenvalue weighted by molar-refractivity contribution is -0.146. The minimum absolute atomic E-state index is 0.0579. The molecule has 15 nitrogen and oxygen atoms in total. The van der Waals surface area contributed by atoms with Crippen LogP contribution in [0.4, 0.5) is 5.82 Å². The highest BCUT2D eigenvalue weighted by atomic mass is 31.2. The summed E-state index contributed by atoms with van der Waals surface area (Å²) >= 11 is 0. The fraction of sp³-hybridized carbons (Fsp3) is 0.621. The first kappa shape index (κ1) is 36.3. The first-order valence-corrected chi connectivity index (χ1v) is 16.6. The summed E-state index contributed by atoms with van der Waals surface area (Å²) in [7, 11) is -4.30. The van der Waals surface area contributed by atoms with Gasteiger partial charge in [0.1, 0.15) is 30.1 Å². The second-order valence-corrected chi connectivity index (χ2v) is 12.9. The average Bonchev–Trinajstić information content (AvgIpc) is 3.27. The molecule has 1 aliphatic rings. The summed E-state index contributed by atoms with van der Waals surface area (Å²) in [6, 6.07) is 6.99. The van der Waals surface area contributed by atoms with Crippen molar-refractivity contribution in [3.63, 3.8) is 0 Å². The molecule has 6 atom stereocenters. The number of anilines is 1. The summed E-state index contributed by atoms with van der Waals surface area (Å²) in [4.78, 5) is 41.8. The van der Waals surface area contributed by atoms with Crippen LogP contribution in [0.2, 0.25) is 0 Å². The molecule has 0 spiro atoms. The molecule has 16 heteroatoms. The zero-order valence-corrected chi connectivity index (χ0v) is 27.1. The first-order valence-electron chi connectivity index (χ1n) is 15.1. The van der Waals surface area contributed by atoms with Gasteiger partial charge in [0.05, 0.1) is 19.4 Å². The second kappa shape index (κ2) is 16.9. The number of aliphatic hydroxyl groups is 2. The van der Waals surface area contributed by atoms with Gasteiger partial charge in [0.2, 0.25) is 5.91 Å². The van der Waals surface area contributed by atoms with Crippen molar-refractivity contribution in [2.75, 3.05) is 18.5 Å². The normalized spacial score (nSPS) is 21.8. The third-order valence-corrected chi connectivity index (χ3v) is 8.48. The Labute approximate surface area is 262 Å². The minimum Gasteiger partial charge on any atom is -0.464 e. The molecule has 0 aliphatic carbocycles. The van der Waals surface area contributed by atoms with Crippen LogP contribution in [0.3, 0.4) is 0 Å². The third kappa shape index (κ3) is 10.4. The number of hydrogen-bond acceptors (Lipinski definition) is 12. The lowest BCUT2D eigenvalue weighted by Gasteiger charge is -2.24. The molecule has 4 N–H and O–H groups in total. The topological polar surface area (TPSA) is 200 Å². The van der Waals surface area contributed by atoms with E-state index in [2.05, 4.69) is 20.5 Å². The summed E-state index contributed by atoms with van der Waals surface area (Å²) in [5.74, 6) is -0.982. The maximum Gasteiger partial charge on any atom is 0.459 e. The molecule has 3 unspecified atom stereocenters. The highest BCUT2D eigenvalue weighted by molar-refractivity contribution is 7.52. The van der Waals surface area contributed by atoms with E-state index in [1.54, 1.807) is 18.2 Å². The van der Waals surface area contributed by atoms with Crippen LogP contribution in [-0.4, -0.2) is 74.4 Å². The lowest BCUT2D eigenvalue weighted by Crippen LogP contribution is -2.38. The van der Waals surface area contributed by atoms with Gasteiger partial charge in [-0.25, -0.2) is 9.36 Å². The highest BCUT2D eigenvalue weighted by Crippen LogP contribution is 2.46. The van der Waals surface area contributed by atoms with Crippen LogP contribution in [0.1, 0.15) is 66.5 Å². The second-order valence-electron chi connectivity index (χ2n) is 11.3. The number of aliphatic hydroxyl groups excluding tert-OH is 2. The molecule has 3 rings (SSSR count). The van der Waals surface area contributed by atoms with Crippen molar-refractivity contribution in [2.24, 2.45) is 11.8 Å². The molecule has 45 heavy (non-hydrogen) atoms. The number of carbonyl (C=O) groups excluding carboxylic acids is 2. The fourth-order valence-corrected chi connectivity index (χ4v) is 6.03. The number of carbonyl (C=O) groups is 2. The average molecular weight is 654 g/mol. The van der Waals surface area contributed by atoms with Gasteiger partial charge in [-0.3, -0.25) is 14.1 Å². The fourth-order valence-electron chi connectivity index (χ4n) is 4.53. The zero-order chi connectivity index (χ0) is 33.1. The van der Waals surface area contributed by atoms with Gasteiger partial charge in [-0.05, 0) is 37.8 Å². The number of ether oxygens (including phenoxy) is 2. The number of nitrogens with zero attached hydrogens (tertiary/aromatic N) is 3. The van der Waals surface area contributed by atoms with E-state index in [1.165, 1.54) is 19.1 Å². The molecule has 1 aromatic heterocycles. The van der Waals surface area contributed by atoms with E-state index < -0.39 is 56.6 Å². The quantitative estimate of drug-likeness (QED) is 0.144. The minimum atomic E-state index is -4.30. The van der Waals surface area contributed by atoms with Crippen molar-refractivity contribution in [3.8, 4) is 5.75 Å². The van der Waals surface area contributed by atoms with Crippen molar-refractivity contribution >= 4 is 25.4 Å². The van der Waals surface area contributed by atoms with Gasteiger partial charge >= 0.3 is 19.4 Å². The zero-order valence-electron chi connectivity index (χ0n) is 26.2. The van der Waals surface area contributed by atoms with Crippen LogP contribution in [0.15, 0.2) is 41.3 Å². The largest absolute Gasteiger partial charge is 0.464 e. The molecule has 1 aliphatic heterocycles. The molecular formula is C29H44N5O10P. The summed E-state index contributed by atoms with van der Waals surface area (Å²) in [5, 5.41) is 30.5. The van der Waals surface area contributed by atoms with Crippen molar-refractivity contribution in [3.05, 3.63) is 47.0 Å². The summed E-state index contributed by atoms with van der Waals surface area (Å²) in [5.41, 5.74) is -0.943. The molecular weight excluding hydrogens is 609 g/mol. The van der Waals surface area contributed by atoms with Gasteiger partial charge in [0.25, 0.3) is 0 Å². The standard InChI is InChI=1S/C29H44N5O10P/c1-6-11-20(12-7-2)26(37)31-23-15-30-34(29(39)32-23)27-25(36)24(35)22(43-27)17-42-45(40,44-21-13-9-8-10-14-21)33-19(5)28(38)41-16-18(3)4/h8-10,13-15,18-20,22,24-25,27,35-36H,6-7,11-12,16-17H2,1-5H3,(H,33,40)(H,31,32,37,39)/t19-,22+,24?,25?,27+,45?/m0/s1. The Hall–Kier alpha value is -3.20. The summed E-state index contributed by atoms with van der Waals surface area (Å²) in [6.45, 7) is 8.71. The van der Waals surface area contributed by atoms with Gasteiger partial charge in [-0.2, -0.15) is 19.9 Å². The van der Waals surface area contributed by atoms with Gasteiger partial charge in [0.15, 0.2) is 12.0 Å². The lowest BCUT2D eigenvalue weighted by atomic mass is 9.97. The maximum atomic E-state index is 13.8. The van der Waals surface area contributed by atoms with E-state index in [4.69, 9.17) is 18.5 Å². The maximum absolute atomic E-state index is 13.8. The molecule has 0 saturated carbocycles. The monoisotopic (exact) mass is 653 g/mol.